The van der Waals surface area contributed by atoms with E-state index in [4.69, 9.17) is 0 Å². The summed E-state index contributed by atoms with van der Waals surface area (Å²) in [7, 11) is 0. The monoisotopic (exact) mass is 647 g/mol. The van der Waals surface area contributed by atoms with Gasteiger partial charge in [-0.05, 0) is 11.8 Å². The second kappa shape index (κ2) is 41.2. The van der Waals surface area contributed by atoms with E-state index in [9.17, 15) is 0 Å². The molecule has 0 radical (unpaired) electrons. The molecule has 0 saturated heterocycles. The SMILES string of the molecule is CCCCCCCCCCCCCCCCCCCCCCCCC(C)CCCCCCCCCCCCCCCCCC(C)C. The second-order valence-corrected chi connectivity index (χ2v) is 16.6. The molecule has 46 heavy (non-hydrogen) atoms. The molecule has 0 heteroatoms. The smallest absolute Gasteiger partial charge is 0.0443 e. The Hall–Kier alpha value is 0. The molecule has 0 aliphatic heterocycles. The summed E-state index contributed by atoms with van der Waals surface area (Å²) in [6.07, 6.45) is 59.3. The number of unbranched alkanes of at least 4 members (excludes halogenated alkanes) is 35. The third-order valence-corrected chi connectivity index (χ3v) is 11.0. The van der Waals surface area contributed by atoms with Crippen molar-refractivity contribution in [1.82, 2.24) is 0 Å². The summed E-state index contributed by atoms with van der Waals surface area (Å²) in [4.78, 5) is 0. The van der Waals surface area contributed by atoms with Crippen molar-refractivity contribution >= 4 is 0 Å². The van der Waals surface area contributed by atoms with Crippen molar-refractivity contribution in [3.63, 3.8) is 0 Å². The third kappa shape index (κ3) is 42.0. The molecule has 0 rings (SSSR count). The van der Waals surface area contributed by atoms with Crippen molar-refractivity contribution < 1.29 is 0 Å². The highest BCUT2D eigenvalue weighted by atomic mass is 14.1. The molecule has 1 unspecified atom stereocenters. The van der Waals surface area contributed by atoms with Gasteiger partial charge in [-0.25, -0.2) is 0 Å². The maximum atomic E-state index is 2.52. The van der Waals surface area contributed by atoms with Gasteiger partial charge in [-0.15, -0.1) is 0 Å². The minimum Gasteiger partial charge on any atom is -0.0654 e. The Balaban J connectivity index is 3.14. The van der Waals surface area contributed by atoms with E-state index in [1.807, 2.05) is 0 Å². The summed E-state index contributed by atoms with van der Waals surface area (Å²) in [6, 6.07) is 0. The first-order chi connectivity index (χ1) is 22.7. The van der Waals surface area contributed by atoms with Crippen molar-refractivity contribution in [3.05, 3.63) is 0 Å². The van der Waals surface area contributed by atoms with Gasteiger partial charge in [0.05, 0.1) is 0 Å². The lowest BCUT2D eigenvalue weighted by Gasteiger charge is -2.11. The highest BCUT2D eigenvalue weighted by Crippen LogP contribution is 2.20. The van der Waals surface area contributed by atoms with Crippen LogP contribution in [0.3, 0.4) is 0 Å². The van der Waals surface area contributed by atoms with Gasteiger partial charge in [0, 0.05) is 0 Å². The lowest BCUT2D eigenvalue weighted by molar-refractivity contribution is 0.429. The zero-order chi connectivity index (χ0) is 33.4. The quantitative estimate of drug-likeness (QED) is 0.0580. The maximum Gasteiger partial charge on any atom is -0.0443 e. The van der Waals surface area contributed by atoms with Crippen molar-refractivity contribution in [3.8, 4) is 0 Å². The Kier molecular flexibility index (Phi) is 41.2. The second-order valence-electron chi connectivity index (χ2n) is 16.6. The Morgan fingerprint density at radius 2 is 0.391 bits per heavy atom. The maximum absolute atomic E-state index is 2.52. The van der Waals surface area contributed by atoms with Crippen LogP contribution in [0, 0.1) is 11.8 Å². The molecule has 0 spiro atoms. The fourth-order valence-electron chi connectivity index (χ4n) is 7.59. The summed E-state index contributed by atoms with van der Waals surface area (Å²) < 4.78 is 0. The molecule has 0 fully saturated rings. The Bertz CT molecular complexity index is 506. The summed E-state index contributed by atoms with van der Waals surface area (Å²) in [5.41, 5.74) is 0. The molecule has 278 valence electrons. The highest BCUT2D eigenvalue weighted by molar-refractivity contribution is 4.57. The molecule has 1 atom stereocenters. The van der Waals surface area contributed by atoms with Crippen LogP contribution in [-0.4, -0.2) is 0 Å². The number of rotatable bonds is 41. The van der Waals surface area contributed by atoms with Crippen molar-refractivity contribution in [1.29, 1.82) is 0 Å². The predicted octanol–water partition coefficient (Wildman–Crippen LogP) is 17.9. The average Bonchev–Trinajstić information content (AvgIpc) is 3.04. The Morgan fingerprint density at radius 3 is 0.587 bits per heavy atom. The lowest BCUT2D eigenvalue weighted by atomic mass is 9.95. The zero-order valence-corrected chi connectivity index (χ0v) is 33.4. The minimum absolute atomic E-state index is 0.895. The standard InChI is InChI=1S/C46H94/c1-5-6-7-8-9-10-11-12-13-14-15-16-17-18-19-22-25-28-31-34-37-40-43-46(4)44-41-38-35-32-29-26-23-20-21-24-27-30-33-36-39-42-45(2)3/h45-46H,5-44H2,1-4H3. The van der Waals surface area contributed by atoms with E-state index in [2.05, 4.69) is 27.7 Å². The molecule has 0 saturated carbocycles. The van der Waals surface area contributed by atoms with Crippen LogP contribution in [0.1, 0.15) is 285 Å². The first-order valence-electron chi connectivity index (χ1n) is 22.7. The van der Waals surface area contributed by atoms with E-state index >= 15 is 0 Å². The normalized spacial score (nSPS) is 12.5. The molecule has 0 N–H and O–H groups in total. The molecule has 0 aliphatic rings. The molecule has 0 bridgehead atoms. The first kappa shape index (κ1) is 46.0. The van der Waals surface area contributed by atoms with Crippen LogP contribution < -0.4 is 0 Å². The minimum atomic E-state index is 0.895. The summed E-state index contributed by atoms with van der Waals surface area (Å²) in [5.74, 6) is 1.86. The Morgan fingerprint density at radius 1 is 0.217 bits per heavy atom. The van der Waals surface area contributed by atoms with Crippen LogP contribution in [-0.2, 0) is 0 Å². The number of hydrogen-bond acceptors (Lipinski definition) is 0. The summed E-state index contributed by atoms with van der Waals surface area (Å²) >= 11 is 0. The van der Waals surface area contributed by atoms with Crippen LogP contribution in [0.25, 0.3) is 0 Å². The molecule has 0 aromatic rings. The van der Waals surface area contributed by atoms with Gasteiger partial charge in [0.1, 0.15) is 0 Å². The predicted molar refractivity (Wildman–Crippen MR) is 214 cm³/mol. The molecular weight excluding hydrogens is 553 g/mol. The summed E-state index contributed by atoms with van der Waals surface area (Å²) in [5, 5.41) is 0. The van der Waals surface area contributed by atoms with Crippen LogP contribution in [0.4, 0.5) is 0 Å². The van der Waals surface area contributed by atoms with Gasteiger partial charge in [-0.2, -0.15) is 0 Å². The van der Waals surface area contributed by atoms with E-state index in [1.54, 1.807) is 0 Å². The van der Waals surface area contributed by atoms with E-state index < -0.39 is 0 Å². The first-order valence-corrected chi connectivity index (χ1v) is 22.7. The fraction of sp³-hybridized carbons (Fsp3) is 1.00. The van der Waals surface area contributed by atoms with Gasteiger partial charge in [-0.3, -0.25) is 0 Å². The number of hydrogen-bond donors (Lipinski definition) is 0. The molecule has 0 aromatic heterocycles. The van der Waals surface area contributed by atoms with Crippen LogP contribution in [0.15, 0.2) is 0 Å². The van der Waals surface area contributed by atoms with Crippen LogP contribution in [0.2, 0.25) is 0 Å². The van der Waals surface area contributed by atoms with Gasteiger partial charge in [0.25, 0.3) is 0 Å². The van der Waals surface area contributed by atoms with Crippen molar-refractivity contribution in [2.45, 2.75) is 285 Å². The van der Waals surface area contributed by atoms with E-state index in [0.29, 0.717) is 0 Å². The molecule has 0 heterocycles. The van der Waals surface area contributed by atoms with Gasteiger partial charge in [0.2, 0.25) is 0 Å². The van der Waals surface area contributed by atoms with E-state index in [0.717, 1.165) is 11.8 Å². The summed E-state index contributed by atoms with van der Waals surface area (Å²) in [6.45, 7) is 9.54. The third-order valence-electron chi connectivity index (χ3n) is 11.0. The topological polar surface area (TPSA) is 0 Å². The van der Waals surface area contributed by atoms with Gasteiger partial charge >= 0.3 is 0 Å². The highest BCUT2D eigenvalue weighted by Gasteiger charge is 2.03. The molecule has 0 aliphatic carbocycles. The average molecular weight is 647 g/mol. The Labute approximate surface area is 295 Å². The van der Waals surface area contributed by atoms with Gasteiger partial charge in [-0.1, -0.05) is 285 Å². The van der Waals surface area contributed by atoms with Crippen LogP contribution in [0.5, 0.6) is 0 Å². The van der Waals surface area contributed by atoms with E-state index in [1.165, 1.54) is 257 Å². The molecule has 0 nitrogen and oxygen atoms in total. The van der Waals surface area contributed by atoms with Gasteiger partial charge in [0.15, 0.2) is 0 Å². The zero-order valence-electron chi connectivity index (χ0n) is 33.4. The largest absolute Gasteiger partial charge is 0.0654 e. The van der Waals surface area contributed by atoms with E-state index in [-0.39, 0.29) is 0 Å². The molecule has 0 aromatic carbocycles. The lowest BCUT2D eigenvalue weighted by Crippen LogP contribution is -1.95. The molecule has 0 amide bonds. The molecular formula is C46H94. The fourth-order valence-corrected chi connectivity index (χ4v) is 7.59. The van der Waals surface area contributed by atoms with Crippen molar-refractivity contribution in [2.24, 2.45) is 11.8 Å². The van der Waals surface area contributed by atoms with Gasteiger partial charge < -0.3 is 0 Å². The van der Waals surface area contributed by atoms with Crippen molar-refractivity contribution in [2.75, 3.05) is 0 Å². The van der Waals surface area contributed by atoms with Crippen LogP contribution >= 0.6 is 0 Å².